The molecule has 4 aliphatic heterocycles. The second-order valence-electron chi connectivity index (χ2n) is 15.9. The van der Waals surface area contributed by atoms with Crippen LogP contribution in [0.1, 0.15) is 53.4 Å². The third-order valence-electron chi connectivity index (χ3n) is 11.7. The van der Waals surface area contributed by atoms with Gasteiger partial charge in [-0.25, -0.2) is 9.59 Å². The standard InChI is InChI=1S/C34H58B2INO23/c1-5-7-8-34(4,28-18(46)16(44)22(12(10-40)55-28)56-31-19(47)13(41)14(42)25(58-31)29(50)51)60-24-20(48)26(30(52)53)59-32(21(24)49)57-23-11(9-39)54-27(17(45)15(23)43)33(3,6-2)61-36-38-35-37/h11-28,31-32,38-49H,5-10H2,1-4H3,(H,50,51)(H,52,53). The van der Waals surface area contributed by atoms with Crippen LogP contribution in [-0.4, -0.2) is 238 Å². The van der Waals surface area contributed by atoms with Crippen molar-refractivity contribution >= 4 is 47.2 Å². The number of aliphatic carboxylic acids is 2. The van der Waals surface area contributed by atoms with Crippen LogP contribution in [0, 0.1) is 0 Å². The van der Waals surface area contributed by atoms with Crippen LogP contribution in [0.25, 0.3) is 0 Å². The van der Waals surface area contributed by atoms with Crippen LogP contribution in [-0.2, 0) is 47.4 Å². The molecule has 2 radical (unpaired) electrons. The molecule has 0 aromatic rings. The first-order valence-electron chi connectivity index (χ1n) is 19.7. The van der Waals surface area contributed by atoms with E-state index in [1.165, 1.54) is 19.8 Å². The van der Waals surface area contributed by atoms with Gasteiger partial charge in [0.05, 0.1) is 24.4 Å². The first kappa shape index (κ1) is 52.6. The molecule has 4 saturated heterocycles. The quantitative estimate of drug-likeness (QED) is 0.0306. The first-order chi connectivity index (χ1) is 28.7. The van der Waals surface area contributed by atoms with Gasteiger partial charge in [0.15, 0.2) is 24.8 Å². The molecule has 24 nitrogen and oxygen atoms in total. The van der Waals surface area contributed by atoms with E-state index in [4.69, 9.17) is 37.8 Å². The highest BCUT2D eigenvalue weighted by atomic mass is 127. The van der Waals surface area contributed by atoms with Crippen LogP contribution in [0.3, 0.4) is 0 Å². The van der Waals surface area contributed by atoms with E-state index in [9.17, 15) is 76.0 Å². The van der Waals surface area contributed by atoms with Crippen molar-refractivity contribution < 1.29 is 114 Å². The molecule has 0 aromatic heterocycles. The molecule has 22 atom stereocenters. The molecule has 4 heterocycles. The average Bonchev–Trinajstić information content (AvgIpc) is 3.22. The molecule has 0 amide bonds. The summed E-state index contributed by atoms with van der Waals surface area (Å²) in [6.07, 6.45) is -37.1. The lowest BCUT2D eigenvalue weighted by molar-refractivity contribution is -0.366. The van der Waals surface area contributed by atoms with Crippen molar-refractivity contribution in [3.63, 3.8) is 0 Å². The van der Waals surface area contributed by atoms with E-state index in [1.54, 1.807) is 20.8 Å². The van der Waals surface area contributed by atoms with Crippen molar-refractivity contribution in [1.29, 1.82) is 0 Å². The third kappa shape index (κ3) is 11.3. The van der Waals surface area contributed by atoms with Gasteiger partial charge in [0, 0.05) is 0 Å². The maximum absolute atomic E-state index is 12.4. The van der Waals surface area contributed by atoms with E-state index >= 15 is 0 Å². The van der Waals surface area contributed by atoms with Crippen LogP contribution < -0.4 is 5.14 Å². The number of aliphatic hydroxyl groups excluding tert-OH is 11. The van der Waals surface area contributed by atoms with E-state index in [0.29, 0.717) is 12.8 Å². The molecular formula is C34H58B2INO23. The summed E-state index contributed by atoms with van der Waals surface area (Å²) in [4.78, 5) is 24.1. The highest BCUT2D eigenvalue weighted by Crippen LogP contribution is 2.41. The molecule has 4 fully saturated rings. The number of unbranched alkanes of at least 4 members (excludes halogenated alkanes) is 1. The van der Waals surface area contributed by atoms with E-state index in [1.807, 2.05) is 22.4 Å². The molecule has 0 aliphatic carbocycles. The lowest BCUT2D eigenvalue weighted by Gasteiger charge is -2.52. The van der Waals surface area contributed by atoms with Gasteiger partial charge < -0.3 is 109 Å². The average molecular weight is 997 g/mol. The minimum absolute atomic E-state index is 0.0765. The molecule has 4 aliphatic rings. The molecule has 350 valence electrons. The van der Waals surface area contributed by atoms with Crippen molar-refractivity contribution in [3.05, 3.63) is 0 Å². The molecule has 0 saturated carbocycles. The molecule has 0 bridgehead atoms. The van der Waals surface area contributed by atoms with Crippen molar-refractivity contribution in [2.24, 2.45) is 0 Å². The number of rotatable bonds is 20. The third-order valence-corrected chi connectivity index (χ3v) is 12.1. The number of hydrogen-bond acceptors (Lipinski definition) is 22. The number of nitrogens with one attached hydrogen (secondary N) is 1. The highest BCUT2D eigenvalue weighted by Gasteiger charge is 2.60. The predicted octanol–water partition coefficient (Wildman–Crippen LogP) is -6.24. The summed E-state index contributed by atoms with van der Waals surface area (Å²) in [6.45, 7) is 4.67. The summed E-state index contributed by atoms with van der Waals surface area (Å²) in [5, 5.41) is 144. The Morgan fingerprint density at radius 1 is 0.639 bits per heavy atom. The second kappa shape index (κ2) is 22.5. The first-order valence-corrected chi connectivity index (χ1v) is 21.0. The Hall–Kier alpha value is -1.00. The fourth-order valence-corrected chi connectivity index (χ4v) is 8.08. The number of carboxylic acid groups (broad SMARTS) is 2. The van der Waals surface area contributed by atoms with Crippen LogP contribution in [0.15, 0.2) is 0 Å². The van der Waals surface area contributed by atoms with Crippen LogP contribution >= 0.6 is 22.4 Å². The van der Waals surface area contributed by atoms with E-state index in [2.05, 4.69) is 5.14 Å². The molecule has 22 unspecified atom stereocenters. The van der Waals surface area contributed by atoms with Crippen LogP contribution in [0.4, 0.5) is 0 Å². The largest absolute Gasteiger partial charge is 0.479 e. The Balaban J connectivity index is 1.61. The number of carboxylic acids is 2. The van der Waals surface area contributed by atoms with Crippen molar-refractivity contribution in [1.82, 2.24) is 5.14 Å². The van der Waals surface area contributed by atoms with Gasteiger partial charge in [0.1, 0.15) is 97.7 Å². The number of ether oxygens (including phenoxy) is 7. The summed E-state index contributed by atoms with van der Waals surface area (Å²) in [5.41, 5.74) is -3.16. The van der Waals surface area contributed by atoms with Crippen molar-refractivity contribution in [2.45, 2.75) is 187 Å². The van der Waals surface area contributed by atoms with Crippen LogP contribution in [0.2, 0.25) is 0 Å². The van der Waals surface area contributed by atoms with Gasteiger partial charge in [-0.15, -0.1) is 22.4 Å². The summed E-state index contributed by atoms with van der Waals surface area (Å²) < 4.78 is 46.1. The summed E-state index contributed by atoms with van der Waals surface area (Å²) in [7, 11) is 1.23. The number of hydrogen-bond donors (Lipinski definition) is 14. The van der Waals surface area contributed by atoms with E-state index in [-0.39, 0.29) is 12.8 Å². The van der Waals surface area contributed by atoms with Crippen LogP contribution in [0.5, 0.6) is 0 Å². The van der Waals surface area contributed by atoms with Gasteiger partial charge in [0.25, 0.3) is 5.27 Å². The zero-order valence-corrected chi connectivity index (χ0v) is 35.9. The molecule has 14 N–H and O–H groups in total. The molecular weight excluding hydrogens is 939 g/mol. The van der Waals surface area contributed by atoms with Gasteiger partial charge in [-0.1, -0.05) is 26.7 Å². The molecule has 61 heavy (non-hydrogen) atoms. The fourth-order valence-electron chi connectivity index (χ4n) is 7.94. The fraction of sp³-hybridized carbons (Fsp3) is 0.941. The Bertz CT molecular complexity index is 1420. The van der Waals surface area contributed by atoms with Gasteiger partial charge in [0.2, 0.25) is 0 Å². The number of halogens is 1. The summed E-state index contributed by atoms with van der Waals surface area (Å²) in [5.74, 6) is -3.48. The van der Waals surface area contributed by atoms with E-state index < -0.39 is 159 Å². The number of aliphatic hydroxyl groups is 11. The molecule has 0 aromatic carbocycles. The van der Waals surface area contributed by atoms with Gasteiger partial charge >= 0.3 is 19.6 Å². The normalized spacial score (nSPS) is 44.1. The van der Waals surface area contributed by atoms with Gasteiger partial charge in [-0.2, -0.15) is 0 Å². The maximum Gasteiger partial charge on any atom is 0.384 e. The zero-order valence-electron chi connectivity index (χ0n) is 33.7. The monoisotopic (exact) mass is 997 g/mol. The molecule has 4 rings (SSSR count). The summed E-state index contributed by atoms with van der Waals surface area (Å²) >= 11 is 1.91. The molecule has 0 spiro atoms. The highest BCUT2D eigenvalue weighted by molar-refractivity contribution is 14.1. The van der Waals surface area contributed by atoms with Crippen molar-refractivity contribution in [2.75, 3.05) is 13.2 Å². The topological polar surface area (TPSA) is 383 Å². The second-order valence-corrected chi connectivity index (χ2v) is 16.5. The maximum atomic E-state index is 12.4. The van der Waals surface area contributed by atoms with E-state index in [0.717, 1.165) is 0 Å². The number of carbonyl (C=O) groups is 2. The lowest BCUT2D eigenvalue weighted by Crippen LogP contribution is -2.70. The Morgan fingerprint density at radius 3 is 1.56 bits per heavy atom. The summed E-state index contributed by atoms with van der Waals surface area (Å²) in [6, 6.07) is 0. The SMILES string of the molecule is CCCCC(C)(OC1C(O)C(OC2C(CO)OC(C(C)(CC)O[B]N[B]I)C(O)C2O)OC(C(=O)O)C1O)C1OC(CO)C(OC2OC(C(=O)O)C(O)C(O)C2O)C(O)C1O. The van der Waals surface area contributed by atoms with Gasteiger partial charge in [-0.3, -0.25) is 0 Å². The minimum atomic E-state index is -2.17. The van der Waals surface area contributed by atoms with Gasteiger partial charge in [-0.05, 0) is 26.7 Å². The molecule has 27 heteroatoms. The lowest BCUT2D eigenvalue weighted by atomic mass is 9.82. The smallest absolute Gasteiger partial charge is 0.384 e. The Labute approximate surface area is 365 Å². The van der Waals surface area contributed by atoms with Crippen molar-refractivity contribution in [3.8, 4) is 0 Å². The Morgan fingerprint density at radius 2 is 1.11 bits per heavy atom. The Kier molecular flexibility index (Phi) is 19.4. The predicted molar refractivity (Wildman–Crippen MR) is 209 cm³/mol. The zero-order chi connectivity index (χ0) is 45.7. The minimum Gasteiger partial charge on any atom is -0.479 e.